The van der Waals surface area contributed by atoms with Crippen LogP contribution in [0.2, 0.25) is 0 Å². The van der Waals surface area contributed by atoms with Crippen molar-refractivity contribution in [3.05, 3.63) is 64.2 Å². The van der Waals surface area contributed by atoms with Crippen molar-refractivity contribution in [2.24, 2.45) is 0 Å². The van der Waals surface area contributed by atoms with Crippen molar-refractivity contribution in [2.45, 2.75) is 5.38 Å². The summed E-state index contributed by atoms with van der Waals surface area (Å²) in [6.07, 6.45) is 0. The van der Waals surface area contributed by atoms with Gasteiger partial charge in [0.15, 0.2) is 11.2 Å². The lowest BCUT2D eigenvalue weighted by Crippen LogP contribution is -2.30. The Labute approximate surface area is 142 Å². The SMILES string of the molecule is COc1ccc(NC(=O)[C@H](Cl)C(=O)c2ccc([N+](=O)[O-])cc2)cc1. The van der Waals surface area contributed by atoms with Crippen LogP contribution in [0.5, 0.6) is 5.75 Å². The van der Waals surface area contributed by atoms with Crippen LogP contribution in [0.15, 0.2) is 48.5 Å². The molecule has 0 heterocycles. The third-order valence-corrected chi connectivity index (χ3v) is 3.58. The van der Waals surface area contributed by atoms with Gasteiger partial charge in [0.05, 0.1) is 12.0 Å². The van der Waals surface area contributed by atoms with E-state index in [-0.39, 0.29) is 11.3 Å². The van der Waals surface area contributed by atoms with Gasteiger partial charge < -0.3 is 10.1 Å². The van der Waals surface area contributed by atoms with Crippen molar-refractivity contribution in [1.29, 1.82) is 0 Å². The lowest BCUT2D eigenvalue weighted by atomic mass is 10.1. The summed E-state index contributed by atoms with van der Waals surface area (Å²) in [4.78, 5) is 34.2. The van der Waals surface area contributed by atoms with E-state index in [1.54, 1.807) is 24.3 Å². The van der Waals surface area contributed by atoms with E-state index in [1.807, 2.05) is 0 Å². The molecule has 0 bridgehead atoms. The highest BCUT2D eigenvalue weighted by atomic mass is 35.5. The Bertz CT molecular complexity index is 759. The van der Waals surface area contributed by atoms with Crippen molar-refractivity contribution >= 4 is 34.7 Å². The summed E-state index contributed by atoms with van der Waals surface area (Å²) in [5.41, 5.74) is 0.425. The molecule has 1 N–H and O–H groups in total. The summed E-state index contributed by atoms with van der Waals surface area (Å²) in [7, 11) is 1.52. The summed E-state index contributed by atoms with van der Waals surface area (Å²) >= 11 is 5.91. The summed E-state index contributed by atoms with van der Waals surface area (Å²) in [5.74, 6) is -0.708. The number of benzene rings is 2. The van der Waals surface area contributed by atoms with Crippen LogP contribution in [-0.2, 0) is 4.79 Å². The van der Waals surface area contributed by atoms with Gasteiger partial charge in [-0.3, -0.25) is 19.7 Å². The minimum absolute atomic E-state index is 0.116. The standard InChI is InChI=1S/C16H13ClN2O5/c1-24-13-8-4-11(5-9-13)18-16(21)14(17)15(20)10-2-6-12(7-3-10)19(22)23/h2-9,14H,1H3,(H,18,21)/t14-/m1/s1. The molecule has 1 amide bonds. The summed E-state index contributed by atoms with van der Waals surface area (Å²) in [6.45, 7) is 0. The Hall–Kier alpha value is -2.93. The molecule has 24 heavy (non-hydrogen) atoms. The number of nitro benzene ring substituents is 1. The monoisotopic (exact) mass is 348 g/mol. The maximum atomic E-state index is 12.2. The summed E-state index contributed by atoms with van der Waals surface area (Å²) < 4.78 is 5.00. The van der Waals surface area contributed by atoms with Crippen LogP contribution < -0.4 is 10.1 Å². The maximum absolute atomic E-state index is 12.2. The average molecular weight is 349 g/mol. The van der Waals surface area contributed by atoms with Crippen LogP contribution in [0.1, 0.15) is 10.4 Å². The molecule has 2 rings (SSSR count). The minimum Gasteiger partial charge on any atom is -0.497 e. The molecule has 0 aliphatic heterocycles. The van der Waals surface area contributed by atoms with Gasteiger partial charge in [0, 0.05) is 23.4 Å². The van der Waals surface area contributed by atoms with Gasteiger partial charge in [0.1, 0.15) is 5.75 Å². The number of carbonyl (C=O) groups excluding carboxylic acids is 2. The maximum Gasteiger partial charge on any atom is 0.269 e. The molecular formula is C16H13ClN2O5. The molecule has 124 valence electrons. The zero-order valence-corrected chi connectivity index (χ0v) is 13.3. The number of Topliss-reactive ketones (excluding diaryl/α,β-unsaturated/α-hetero) is 1. The highest BCUT2D eigenvalue weighted by molar-refractivity contribution is 6.45. The van der Waals surface area contributed by atoms with Gasteiger partial charge in [-0.2, -0.15) is 0 Å². The second kappa shape index (κ2) is 7.56. The lowest BCUT2D eigenvalue weighted by molar-refractivity contribution is -0.384. The number of nitrogens with one attached hydrogen (secondary N) is 1. The molecule has 8 heteroatoms. The molecule has 0 aromatic heterocycles. The smallest absolute Gasteiger partial charge is 0.269 e. The molecule has 0 unspecified atom stereocenters. The van der Waals surface area contributed by atoms with Gasteiger partial charge in [0.2, 0.25) is 5.91 Å². The van der Waals surface area contributed by atoms with Crippen molar-refractivity contribution in [3.63, 3.8) is 0 Å². The number of anilines is 1. The quantitative estimate of drug-likeness (QED) is 0.284. The van der Waals surface area contributed by atoms with Crippen molar-refractivity contribution < 1.29 is 19.2 Å². The second-order valence-electron chi connectivity index (χ2n) is 4.75. The first-order chi connectivity index (χ1) is 11.4. The average Bonchev–Trinajstić information content (AvgIpc) is 2.61. The molecule has 1 atom stereocenters. The first-order valence-electron chi connectivity index (χ1n) is 6.80. The first kappa shape index (κ1) is 17.4. The fourth-order valence-electron chi connectivity index (χ4n) is 1.89. The number of nitrogens with zero attached hydrogens (tertiary/aromatic N) is 1. The number of hydrogen-bond acceptors (Lipinski definition) is 5. The van der Waals surface area contributed by atoms with Crippen molar-refractivity contribution in [2.75, 3.05) is 12.4 Å². The fourth-order valence-corrected chi connectivity index (χ4v) is 2.07. The van der Waals surface area contributed by atoms with E-state index in [4.69, 9.17) is 16.3 Å². The van der Waals surface area contributed by atoms with Crippen molar-refractivity contribution in [1.82, 2.24) is 0 Å². The zero-order valence-electron chi connectivity index (χ0n) is 12.6. The normalized spacial score (nSPS) is 11.4. The molecule has 2 aromatic carbocycles. The van der Waals surface area contributed by atoms with E-state index in [0.717, 1.165) is 0 Å². The molecule has 2 aromatic rings. The van der Waals surface area contributed by atoms with Gasteiger partial charge in [0.25, 0.3) is 5.69 Å². The molecule has 0 aliphatic rings. The third kappa shape index (κ3) is 4.08. The zero-order chi connectivity index (χ0) is 17.7. The molecule has 0 radical (unpaired) electrons. The number of non-ortho nitro benzene ring substituents is 1. The van der Waals surface area contributed by atoms with Crippen LogP contribution in [0.25, 0.3) is 0 Å². The number of alkyl halides is 1. The van der Waals surface area contributed by atoms with Gasteiger partial charge >= 0.3 is 0 Å². The van der Waals surface area contributed by atoms with E-state index < -0.39 is 22.0 Å². The Balaban J connectivity index is 2.05. The Morgan fingerprint density at radius 2 is 1.71 bits per heavy atom. The van der Waals surface area contributed by atoms with Crippen LogP contribution >= 0.6 is 11.6 Å². The number of ether oxygens (including phenoxy) is 1. The van der Waals surface area contributed by atoms with Crippen LogP contribution in [0.4, 0.5) is 11.4 Å². The molecular weight excluding hydrogens is 336 g/mol. The number of halogens is 1. The summed E-state index contributed by atoms with van der Waals surface area (Å²) in [6, 6.07) is 11.4. The van der Waals surface area contributed by atoms with Gasteiger partial charge in [-0.05, 0) is 36.4 Å². The van der Waals surface area contributed by atoms with Gasteiger partial charge in [-0.15, -0.1) is 11.6 Å². The number of amides is 1. The van der Waals surface area contributed by atoms with Crippen LogP contribution in [0.3, 0.4) is 0 Å². The number of methoxy groups -OCH3 is 1. The molecule has 0 saturated heterocycles. The predicted molar refractivity (Wildman–Crippen MR) is 88.7 cm³/mol. The predicted octanol–water partition coefficient (Wildman–Crippen LogP) is 3.03. The molecule has 0 spiro atoms. The van der Waals surface area contributed by atoms with E-state index in [0.29, 0.717) is 11.4 Å². The first-order valence-corrected chi connectivity index (χ1v) is 7.23. The van der Waals surface area contributed by atoms with Gasteiger partial charge in [-0.25, -0.2) is 0 Å². The number of carbonyl (C=O) groups is 2. The van der Waals surface area contributed by atoms with Crippen LogP contribution in [-0.4, -0.2) is 29.1 Å². The van der Waals surface area contributed by atoms with Crippen LogP contribution in [0, 0.1) is 10.1 Å². The van der Waals surface area contributed by atoms with E-state index in [1.165, 1.54) is 31.4 Å². The van der Waals surface area contributed by atoms with Gasteiger partial charge in [-0.1, -0.05) is 0 Å². The lowest BCUT2D eigenvalue weighted by Gasteiger charge is -2.10. The molecule has 0 fully saturated rings. The fraction of sp³-hybridized carbons (Fsp3) is 0.125. The Morgan fingerprint density at radius 3 is 2.21 bits per heavy atom. The molecule has 0 saturated carbocycles. The number of nitro groups is 1. The Kier molecular flexibility index (Phi) is 5.49. The Morgan fingerprint density at radius 1 is 1.12 bits per heavy atom. The van der Waals surface area contributed by atoms with E-state index in [9.17, 15) is 19.7 Å². The molecule has 0 aliphatic carbocycles. The van der Waals surface area contributed by atoms with E-state index in [2.05, 4.69) is 5.32 Å². The minimum atomic E-state index is -1.45. The number of hydrogen-bond donors (Lipinski definition) is 1. The van der Waals surface area contributed by atoms with Crippen molar-refractivity contribution in [3.8, 4) is 5.75 Å². The largest absolute Gasteiger partial charge is 0.497 e. The molecule has 7 nitrogen and oxygen atoms in total. The number of rotatable bonds is 6. The topological polar surface area (TPSA) is 98.5 Å². The number of ketones is 1. The third-order valence-electron chi connectivity index (χ3n) is 3.18. The van der Waals surface area contributed by atoms with E-state index >= 15 is 0 Å². The summed E-state index contributed by atoms with van der Waals surface area (Å²) in [5, 5.41) is 11.7. The highest BCUT2D eigenvalue weighted by Crippen LogP contribution is 2.18. The highest BCUT2D eigenvalue weighted by Gasteiger charge is 2.25. The second-order valence-corrected chi connectivity index (χ2v) is 5.18.